The van der Waals surface area contributed by atoms with Gasteiger partial charge < -0.3 is 15.0 Å². The van der Waals surface area contributed by atoms with Crippen LogP contribution < -0.4 is 5.32 Å². The van der Waals surface area contributed by atoms with Crippen molar-refractivity contribution in [2.24, 2.45) is 5.92 Å². The Morgan fingerprint density at radius 2 is 1.92 bits per heavy atom. The maximum absolute atomic E-state index is 12.4. The number of hydrogen-bond donors (Lipinski definition) is 1. The first-order valence-electron chi connectivity index (χ1n) is 8.88. The molecule has 3 rings (SSSR count). The Hall–Kier alpha value is -2.84. The van der Waals surface area contributed by atoms with Crippen molar-refractivity contribution in [3.63, 3.8) is 0 Å². The van der Waals surface area contributed by atoms with E-state index in [1.165, 1.54) is 5.56 Å². The van der Waals surface area contributed by atoms with Crippen LogP contribution in [0.25, 0.3) is 0 Å². The van der Waals surface area contributed by atoms with Gasteiger partial charge in [0.25, 0.3) is 0 Å². The molecule has 0 bridgehead atoms. The zero-order valence-corrected chi connectivity index (χ0v) is 14.7. The molecule has 1 saturated heterocycles. The quantitative estimate of drug-likeness (QED) is 0.862. The first kappa shape index (κ1) is 18.0. The van der Waals surface area contributed by atoms with Crippen LogP contribution in [-0.2, 0) is 17.8 Å². The van der Waals surface area contributed by atoms with E-state index in [2.05, 4.69) is 23.5 Å². The fraction of sp³-hybridized carbons (Fsp3) is 0.333. The molecule has 2 aromatic carbocycles. The summed E-state index contributed by atoms with van der Waals surface area (Å²) < 4.78 is 5.80. The number of benzene rings is 2. The molecule has 0 saturated carbocycles. The second-order valence-corrected chi connectivity index (χ2v) is 6.56. The average Bonchev–Trinajstić information content (AvgIpc) is 3.14. The van der Waals surface area contributed by atoms with Crippen molar-refractivity contribution in [1.82, 2.24) is 4.90 Å². The molecule has 0 aliphatic carbocycles. The summed E-state index contributed by atoms with van der Waals surface area (Å²) in [6.45, 7) is 2.74. The highest BCUT2D eigenvalue weighted by Crippen LogP contribution is 2.19. The van der Waals surface area contributed by atoms with Gasteiger partial charge in [0.15, 0.2) is 0 Å². The van der Waals surface area contributed by atoms with Crippen LogP contribution in [0.15, 0.2) is 54.6 Å². The molecule has 2 amide bonds. The lowest BCUT2D eigenvalue weighted by molar-refractivity contribution is 0.0900. The number of carbonyl (C=O) groups excluding carboxylic acids is 1. The van der Waals surface area contributed by atoms with E-state index in [1.54, 1.807) is 0 Å². The standard InChI is InChI=1S/C21H23N3O2/c22-12-10-17-6-8-20(9-7-17)23-21(25)24-13-11-19(14-24)16-26-15-18-4-2-1-3-5-18/h1-9,19H,10-11,13-16H2,(H,23,25). The van der Waals surface area contributed by atoms with E-state index in [9.17, 15) is 4.79 Å². The van der Waals surface area contributed by atoms with Gasteiger partial charge in [0.2, 0.25) is 0 Å². The fourth-order valence-corrected chi connectivity index (χ4v) is 3.07. The van der Waals surface area contributed by atoms with Gasteiger partial charge in [0.05, 0.1) is 25.7 Å². The Balaban J connectivity index is 1.41. The van der Waals surface area contributed by atoms with Crippen molar-refractivity contribution in [2.45, 2.75) is 19.4 Å². The molecule has 2 aromatic rings. The summed E-state index contributed by atoms with van der Waals surface area (Å²) in [7, 11) is 0. The van der Waals surface area contributed by atoms with Crippen molar-refractivity contribution in [3.8, 4) is 6.07 Å². The van der Waals surface area contributed by atoms with Crippen LogP contribution in [-0.4, -0.2) is 30.6 Å². The minimum absolute atomic E-state index is 0.0800. The van der Waals surface area contributed by atoms with Crippen LogP contribution in [0.5, 0.6) is 0 Å². The first-order chi connectivity index (χ1) is 12.7. The summed E-state index contributed by atoms with van der Waals surface area (Å²) >= 11 is 0. The van der Waals surface area contributed by atoms with E-state index < -0.39 is 0 Å². The molecule has 1 fully saturated rings. The zero-order chi connectivity index (χ0) is 18.2. The van der Waals surface area contributed by atoms with Gasteiger partial charge in [-0.2, -0.15) is 5.26 Å². The molecule has 0 spiro atoms. The van der Waals surface area contributed by atoms with E-state index in [0.29, 0.717) is 32.1 Å². The minimum Gasteiger partial charge on any atom is -0.376 e. The van der Waals surface area contributed by atoms with Crippen LogP contribution >= 0.6 is 0 Å². The Kier molecular flexibility index (Phi) is 6.24. The van der Waals surface area contributed by atoms with E-state index >= 15 is 0 Å². The molecule has 1 aliphatic rings. The Morgan fingerprint density at radius 3 is 2.65 bits per heavy atom. The predicted octanol–water partition coefficient (Wildman–Crippen LogP) is 3.82. The van der Waals surface area contributed by atoms with Crippen molar-refractivity contribution in [2.75, 3.05) is 25.0 Å². The highest BCUT2D eigenvalue weighted by molar-refractivity contribution is 5.89. The molecule has 1 heterocycles. The van der Waals surface area contributed by atoms with E-state index in [4.69, 9.17) is 10.00 Å². The number of urea groups is 1. The molecule has 134 valence electrons. The largest absolute Gasteiger partial charge is 0.376 e. The molecular formula is C21H23N3O2. The van der Waals surface area contributed by atoms with E-state index in [0.717, 1.165) is 24.2 Å². The topological polar surface area (TPSA) is 65.4 Å². The lowest BCUT2D eigenvalue weighted by Gasteiger charge is -2.17. The van der Waals surface area contributed by atoms with Gasteiger partial charge in [0, 0.05) is 24.7 Å². The summed E-state index contributed by atoms with van der Waals surface area (Å²) in [6, 6.07) is 19.5. The minimum atomic E-state index is -0.0800. The Bertz CT molecular complexity index is 753. The van der Waals surface area contributed by atoms with Gasteiger partial charge in [-0.3, -0.25) is 0 Å². The second-order valence-electron chi connectivity index (χ2n) is 6.56. The van der Waals surface area contributed by atoms with Gasteiger partial charge >= 0.3 is 6.03 Å². The summed E-state index contributed by atoms with van der Waals surface area (Å²) in [6.07, 6.45) is 1.34. The molecule has 1 atom stereocenters. The number of nitrogens with zero attached hydrogens (tertiary/aromatic N) is 2. The van der Waals surface area contributed by atoms with Crippen molar-refractivity contribution in [1.29, 1.82) is 5.26 Å². The van der Waals surface area contributed by atoms with Crippen LogP contribution in [0.1, 0.15) is 17.5 Å². The van der Waals surface area contributed by atoms with E-state index in [1.807, 2.05) is 47.4 Å². The molecule has 0 aromatic heterocycles. The number of anilines is 1. The normalized spacial score (nSPS) is 16.3. The number of rotatable bonds is 6. The molecule has 26 heavy (non-hydrogen) atoms. The maximum atomic E-state index is 12.4. The van der Waals surface area contributed by atoms with Crippen molar-refractivity contribution < 1.29 is 9.53 Å². The lowest BCUT2D eigenvalue weighted by Crippen LogP contribution is -2.33. The molecule has 5 nitrogen and oxygen atoms in total. The van der Waals surface area contributed by atoms with Crippen molar-refractivity contribution in [3.05, 3.63) is 65.7 Å². The van der Waals surface area contributed by atoms with Crippen LogP contribution in [0.4, 0.5) is 10.5 Å². The van der Waals surface area contributed by atoms with Crippen LogP contribution in [0.3, 0.4) is 0 Å². The van der Waals surface area contributed by atoms with Gasteiger partial charge in [-0.05, 0) is 29.7 Å². The first-order valence-corrected chi connectivity index (χ1v) is 8.88. The molecule has 0 radical (unpaired) electrons. The van der Waals surface area contributed by atoms with Crippen molar-refractivity contribution >= 4 is 11.7 Å². The predicted molar refractivity (Wildman–Crippen MR) is 101 cm³/mol. The smallest absolute Gasteiger partial charge is 0.321 e. The molecule has 1 unspecified atom stereocenters. The number of hydrogen-bond acceptors (Lipinski definition) is 3. The maximum Gasteiger partial charge on any atom is 0.321 e. The van der Waals surface area contributed by atoms with Gasteiger partial charge in [-0.15, -0.1) is 0 Å². The third-order valence-electron chi connectivity index (χ3n) is 4.53. The summed E-state index contributed by atoms with van der Waals surface area (Å²) in [5.74, 6) is 0.377. The molecular weight excluding hydrogens is 326 g/mol. The number of ether oxygens (including phenoxy) is 1. The third kappa shape index (κ3) is 5.08. The number of nitrogens with one attached hydrogen (secondary N) is 1. The third-order valence-corrected chi connectivity index (χ3v) is 4.53. The van der Waals surface area contributed by atoms with Gasteiger partial charge in [0.1, 0.15) is 0 Å². The fourth-order valence-electron chi connectivity index (χ4n) is 3.07. The highest BCUT2D eigenvalue weighted by atomic mass is 16.5. The Morgan fingerprint density at radius 1 is 1.15 bits per heavy atom. The van der Waals surface area contributed by atoms with E-state index in [-0.39, 0.29) is 6.03 Å². The number of amides is 2. The second kappa shape index (κ2) is 9.02. The van der Waals surface area contributed by atoms with Gasteiger partial charge in [-0.25, -0.2) is 4.79 Å². The SMILES string of the molecule is N#CCc1ccc(NC(=O)N2CCC(COCc3ccccc3)C2)cc1. The number of nitriles is 1. The number of carbonyl (C=O) groups is 1. The zero-order valence-electron chi connectivity index (χ0n) is 14.7. The number of likely N-dealkylation sites (tertiary alicyclic amines) is 1. The molecule has 1 N–H and O–H groups in total. The molecule has 5 heteroatoms. The van der Waals surface area contributed by atoms with Gasteiger partial charge in [-0.1, -0.05) is 42.5 Å². The molecule has 1 aliphatic heterocycles. The average molecular weight is 349 g/mol. The summed E-state index contributed by atoms with van der Waals surface area (Å²) in [4.78, 5) is 14.2. The lowest BCUT2D eigenvalue weighted by atomic mass is 10.1. The summed E-state index contributed by atoms with van der Waals surface area (Å²) in [5, 5.41) is 11.6. The highest BCUT2D eigenvalue weighted by Gasteiger charge is 2.26. The van der Waals surface area contributed by atoms with Crippen LogP contribution in [0, 0.1) is 17.2 Å². The monoisotopic (exact) mass is 349 g/mol. The summed E-state index contributed by atoms with van der Waals surface area (Å²) in [5.41, 5.74) is 2.86. The Labute approximate surface area is 154 Å². The van der Waals surface area contributed by atoms with Crippen LogP contribution in [0.2, 0.25) is 0 Å².